The summed E-state index contributed by atoms with van der Waals surface area (Å²) in [6.07, 6.45) is 2.44. The lowest BCUT2D eigenvalue weighted by molar-refractivity contribution is -0.0825. The van der Waals surface area contributed by atoms with Gasteiger partial charge in [-0.05, 0) is 25.8 Å². The summed E-state index contributed by atoms with van der Waals surface area (Å²) in [5, 5.41) is 13.0. The average Bonchev–Trinajstić information content (AvgIpc) is 2.73. The van der Waals surface area contributed by atoms with Gasteiger partial charge in [0.2, 0.25) is 5.43 Å². The van der Waals surface area contributed by atoms with E-state index in [0.29, 0.717) is 26.0 Å². The molecule has 2 aliphatic rings. The summed E-state index contributed by atoms with van der Waals surface area (Å²) in [6, 6.07) is 4.39. The fourth-order valence-corrected chi connectivity index (χ4v) is 4.73. The molecular weight excluding hydrogens is 476 g/mol. The van der Waals surface area contributed by atoms with Gasteiger partial charge in [-0.2, -0.15) is 0 Å². The first-order valence-corrected chi connectivity index (χ1v) is 10.6. The van der Waals surface area contributed by atoms with Crippen molar-refractivity contribution in [2.45, 2.75) is 38.0 Å². The molecule has 1 spiro atoms. The van der Waals surface area contributed by atoms with Crippen molar-refractivity contribution in [2.24, 2.45) is 0 Å². The maximum Gasteiger partial charge on any atom is 0.274 e. The normalized spacial score (nSPS) is 21.3. The molecule has 1 fully saturated rings. The monoisotopic (exact) mass is 499 g/mol. The topological polar surface area (TPSA) is 101 Å². The maximum absolute atomic E-state index is 14.1. The molecule has 1 aromatic carbocycles. The van der Waals surface area contributed by atoms with E-state index in [-0.39, 0.29) is 46.9 Å². The number of likely N-dealkylation sites (N-methyl/N-ethyl adjacent to an activating group) is 1. The third-order valence-corrected chi connectivity index (χ3v) is 6.40. The summed E-state index contributed by atoms with van der Waals surface area (Å²) in [5.41, 5.74) is -1.86. The van der Waals surface area contributed by atoms with E-state index in [1.165, 1.54) is 27.8 Å². The number of nitrogens with zero attached hydrogens (tertiary/aromatic N) is 2. The van der Waals surface area contributed by atoms with Crippen molar-refractivity contribution in [3.05, 3.63) is 62.3 Å². The van der Waals surface area contributed by atoms with E-state index in [1.54, 1.807) is 13.1 Å². The van der Waals surface area contributed by atoms with Crippen molar-refractivity contribution in [2.75, 3.05) is 20.2 Å². The average molecular weight is 500 g/mol. The number of carbonyl (C=O) groups is 2. The molecule has 8 nitrogen and oxygen atoms in total. The first-order valence-electron chi connectivity index (χ1n) is 10.3. The molecule has 0 atom stereocenters. The highest BCUT2D eigenvalue weighted by Gasteiger charge is 2.52. The number of benzene rings is 1. The molecule has 2 heterocycles. The van der Waals surface area contributed by atoms with Crippen LogP contribution in [0.15, 0.2) is 29.2 Å². The molecule has 2 amide bonds. The van der Waals surface area contributed by atoms with Crippen LogP contribution in [0.4, 0.5) is 4.39 Å². The SMILES string of the molecule is CCOC1CC2(C1)CN(C)C(=O)c1c(O)c(=O)c(C(=O)NCc3cccc(Cl)c3F)cn12.Cl. The van der Waals surface area contributed by atoms with Crippen LogP contribution < -0.4 is 10.7 Å². The zero-order chi connectivity index (χ0) is 23.2. The summed E-state index contributed by atoms with van der Waals surface area (Å²) in [5.74, 6) is -2.73. The molecule has 0 saturated heterocycles. The van der Waals surface area contributed by atoms with Crippen molar-refractivity contribution in [1.29, 1.82) is 0 Å². The van der Waals surface area contributed by atoms with Gasteiger partial charge in [-0.15, -0.1) is 12.4 Å². The third kappa shape index (κ3) is 4.20. The van der Waals surface area contributed by atoms with E-state index in [0.717, 1.165) is 0 Å². The van der Waals surface area contributed by atoms with Crippen molar-refractivity contribution in [3.8, 4) is 5.75 Å². The molecule has 0 bridgehead atoms. The van der Waals surface area contributed by atoms with Gasteiger partial charge >= 0.3 is 0 Å². The number of aromatic nitrogens is 1. The van der Waals surface area contributed by atoms with Gasteiger partial charge in [0.15, 0.2) is 11.4 Å². The van der Waals surface area contributed by atoms with Gasteiger partial charge in [0, 0.05) is 38.5 Å². The highest BCUT2D eigenvalue weighted by atomic mass is 35.5. The molecule has 4 rings (SSSR count). The molecule has 178 valence electrons. The van der Waals surface area contributed by atoms with Gasteiger partial charge in [0.1, 0.15) is 11.4 Å². The Labute approximate surface area is 200 Å². The van der Waals surface area contributed by atoms with Crippen molar-refractivity contribution in [3.63, 3.8) is 0 Å². The molecule has 1 aliphatic carbocycles. The lowest BCUT2D eigenvalue weighted by Gasteiger charge is -2.53. The number of halogens is 3. The van der Waals surface area contributed by atoms with Crippen LogP contribution in [0.1, 0.15) is 46.2 Å². The van der Waals surface area contributed by atoms with E-state index in [4.69, 9.17) is 16.3 Å². The van der Waals surface area contributed by atoms with Crippen LogP contribution in [-0.2, 0) is 16.8 Å². The molecule has 0 radical (unpaired) electrons. The van der Waals surface area contributed by atoms with E-state index >= 15 is 0 Å². The summed E-state index contributed by atoms with van der Waals surface area (Å²) in [7, 11) is 1.60. The standard InChI is InChI=1S/C22H23ClFN3O5.ClH/c1-3-32-13-7-22(8-13)11-26(2)21(31)17-19(29)18(28)14(10-27(17)22)20(30)25-9-12-5-4-6-15(23)16(12)24;/h4-6,10,13,29H,3,7-9,11H2,1-2H3,(H,25,30);1H. The summed E-state index contributed by atoms with van der Waals surface area (Å²) in [4.78, 5) is 39.7. The third-order valence-electron chi connectivity index (χ3n) is 6.11. The van der Waals surface area contributed by atoms with E-state index in [2.05, 4.69) is 5.32 Å². The van der Waals surface area contributed by atoms with Crippen molar-refractivity contribution < 1.29 is 23.8 Å². The van der Waals surface area contributed by atoms with Crippen LogP contribution >= 0.6 is 24.0 Å². The Bertz CT molecular complexity index is 1160. The van der Waals surface area contributed by atoms with Gasteiger partial charge in [-0.25, -0.2) is 4.39 Å². The number of fused-ring (bicyclic) bond motifs is 2. The van der Waals surface area contributed by atoms with Gasteiger partial charge in [-0.1, -0.05) is 23.7 Å². The van der Waals surface area contributed by atoms with Crippen LogP contribution in [0, 0.1) is 5.82 Å². The fraction of sp³-hybridized carbons (Fsp3) is 0.409. The summed E-state index contributed by atoms with van der Waals surface area (Å²) >= 11 is 5.76. The Hall–Kier alpha value is -2.62. The number of nitrogens with one attached hydrogen (secondary N) is 1. The summed E-state index contributed by atoms with van der Waals surface area (Å²) in [6.45, 7) is 2.60. The van der Waals surface area contributed by atoms with Gasteiger partial charge in [0.25, 0.3) is 11.8 Å². The van der Waals surface area contributed by atoms with Gasteiger partial charge in [0.05, 0.1) is 16.7 Å². The minimum Gasteiger partial charge on any atom is -0.503 e. The second-order valence-electron chi connectivity index (χ2n) is 8.21. The number of rotatable bonds is 5. The molecule has 1 aliphatic heterocycles. The van der Waals surface area contributed by atoms with Crippen LogP contribution in [0.2, 0.25) is 5.02 Å². The summed E-state index contributed by atoms with van der Waals surface area (Å²) < 4.78 is 21.3. The van der Waals surface area contributed by atoms with Gasteiger partial charge < -0.3 is 24.6 Å². The van der Waals surface area contributed by atoms with Crippen LogP contribution in [0.3, 0.4) is 0 Å². The zero-order valence-electron chi connectivity index (χ0n) is 18.1. The lowest BCUT2D eigenvalue weighted by atomic mass is 9.72. The first-order chi connectivity index (χ1) is 15.2. The minimum absolute atomic E-state index is 0. The smallest absolute Gasteiger partial charge is 0.274 e. The zero-order valence-corrected chi connectivity index (χ0v) is 19.6. The molecule has 2 N–H and O–H groups in total. The molecule has 0 unspecified atom stereocenters. The van der Waals surface area contributed by atoms with Crippen LogP contribution in [-0.4, -0.2) is 52.7 Å². The largest absolute Gasteiger partial charge is 0.503 e. The molecule has 2 aromatic rings. The number of pyridine rings is 1. The quantitative estimate of drug-likeness (QED) is 0.658. The van der Waals surface area contributed by atoms with Crippen molar-refractivity contribution in [1.82, 2.24) is 14.8 Å². The highest BCUT2D eigenvalue weighted by Crippen LogP contribution is 2.45. The van der Waals surface area contributed by atoms with Crippen molar-refractivity contribution >= 4 is 35.8 Å². The Balaban J connectivity index is 0.00000306. The molecule has 1 aromatic heterocycles. The van der Waals surface area contributed by atoms with E-state index in [9.17, 15) is 23.9 Å². The minimum atomic E-state index is -0.959. The highest BCUT2D eigenvalue weighted by molar-refractivity contribution is 6.30. The van der Waals surface area contributed by atoms with Gasteiger partial charge in [-0.3, -0.25) is 14.4 Å². The Kier molecular flexibility index (Phi) is 7.07. The number of carbonyl (C=O) groups excluding carboxylic acids is 2. The predicted molar refractivity (Wildman–Crippen MR) is 122 cm³/mol. The number of aromatic hydroxyl groups is 1. The molecule has 11 heteroatoms. The molecule has 1 saturated carbocycles. The Morgan fingerprint density at radius 2 is 2.06 bits per heavy atom. The second kappa shape index (κ2) is 9.32. The number of hydrogen-bond donors (Lipinski definition) is 2. The molecule has 33 heavy (non-hydrogen) atoms. The van der Waals surface area contributed by atoms with E-state index in [1.807, 2.05) is 6.92 Å². The number of hydrogen-bond acceptors (Lipinski definition) is 5. The van der Waals surface area contributed by atoms with E-state index < -0.39 is 34.3 Å². The second-order valence-corrected chi connectivity index (χ2v) is 8.61. The van der Waals surface area contributed by atoms with Crippen LogP contribution in [0.25, 0.3) is 0 Å². The fourth-order valence-electron chi connectivity index (χ4n) is 4.53. The Morgan fingerprint density at radius 3 is 2.73 bits per heavy atom. The Morgan fingerprint density at radius 1 is 1.36 bits per heavy atom. The predicted octanol–water partition coefficient (Wildman–Crippen LogP) is 2.68. The van der Waals surface area contributed by atoms with Crippen LogP contribution in [0.5, 0.6) is 5.75 Å². The number of amides is 2. The lowest BCUT2D eigenvalue weighted by Crippen LogP contribution is -2.61. The number of ether oxygens (including phenoxy) is 1. The molecular formula is C22H24Cl2FN3O5. The maximum atomic E-state index is 14.1. The first kappa shape index (κ1) is 25.0.